The second-order valence-electron chi connectivity index (χ2n) is 5.44. The van der Waals surface area contributed by atoms with E-state index in [4.69, 9.17) is 4.74 Å². The smallest absolute Gasteiger partial charge is 0.148 e. The van der Waals surface area contributed by atoms with Gasteiger partial charge in [0.15, 0.2) is 0 Å². The number of morpholine rings is 1. The molecule has 2 aromatic rings. The van der Waals surface area contributed by atoms with Crippen LogP contribution in [0.25, 0.3) is 0 Å². The quantitative estimate of drug-likeness (QED) is 0.907. The third-order valence-electron chi connectivity index (χ3n) is 3.97. The number of ether oxygens (including phenoxy) is 1. The van der Waals surface area contributed by atoms with E-state index < -0.39 is 0 Å². The molecule has 1 fully saturated rings. The summed E-state index contributed by atoms with van der Waals surface area (Å²) >= 11 is 0. The van der Waals surface area contributed by atoms with Crippen molar-refractivity contribution in [2.24, 2.45) is 0 Å². The van der Waals surface area contributed by atoms with Crippen molar-refractivity contribution < 1.29 is 4.74 Å². The molecule has 0 amide bonds. The van der Waals surface area contributed by atoms with Crippen molar-refractivity contribution in [1.29, 1.82) is 0 Å². The van der Waals surface area contributed by atoms with E-state index in [9.17, 15) is 0 Å². The number of nitrogens with zero attached hydrogens (tertiary/aromatic N) is 4. The van der Waals surface area contributed by atoms with Crippen LogP contribution >= 0.6 is 0 Å². The van der Waals surface area contributed by atoms with Gasteiger partial charge >= 0.3 is 0 Å². The van der Waals surface area contributed by atoms with Crippen molar-refractivity contribution in [2.45, 2.75) is 19.1 Å². The summed E-state index contributed by atoms with van der Waals surface area (Å²) in [6.45, 7) is 5.53. The molecule has 2 atom stereocenters. The number of nitrogens with one attached hydrogen (secondary N) is 1. The number of hydrogen-bond donors (Lipinski definition) is 1. The molecule has 1 N–H and O–H groups in total. The summed E-state index contributed by atoms with van der Waals surface area (Å²) in [5.41, 5.74) is 1.24. The maximum absolute atomic E-state index is 5.85. The molecular weight excluding hydrogens is 278 g/mol. The molecule has 0 spiro atoms. The standard InChI is InChI=1S/C16H21N5O/c1-13(14-4-2-6-17-10-14)21-8-9-22-15(12-21)11-18-16-5-3-7-19-20-16/h2-7,10,13,15H,8-9,11-12H2,1H3,(H,18,20)/t13-,15+/m0/s1. The largest absolute Gasteiger partial charge is 0.374 e. The highest BCUT2D eigenvalue weighted by atomic mass is 16.5. The first-order chi connectivity index (χ1) is 10.8. The third-order valence-corrected chi connectivity index (χ3v) is 3.97. The zero-order chi connectivity index (χ0) is 15.2. The molecule has 0 aliphatic carbocycles. The van der Waals surface area contributed by atoms with Crippen LogP contribution in [-0.4, -0.2) is 52.4 Å². The zero-order valence-corrected chi connectivity index (χ0v) is 12.7. The van der Waals surface area contributed by atoms with E-state index >= 15 is 0 Å². The van der Waals surface area contributed by atoms with Crippen molar-refractivity contribution in [3.63, 3.8) is 0 Å². The molecule has 2 aromatic heterocycles. The minimum atomic E-state index is 0.148. The maximum atomic E-state index is 5.85. The van der Waals surface area contributed by atoms with Crippen LogP contribution in [0.15, 0.2) is 42.9 Å². The first kappa shape index (κ1) is 14.9. The lowest BCUT2D eigenvalue weighted by Gasteiger charge is -2.37. The Hall–Kier alpha value is -2.05. The van der Waals surface area contributed by atoms with Crippen LogP contribution in [0.4, 0.5) is 5.82 Å². The van der Waals surface area contributed by atoms with Gasteiger partial charge in [0.1, 0.15) is 5.82 Å². The summed E-state index contributed by atoms with van der Waals surface area (Å²) in [5.74, 6) is 0.781. The van der Waals surface area contributed by atoms with Gasteiger partial charge in [-0.05, 0) is 30.7 Å². The average molecular weight is 299 g/mol. The Morgan fingerprint density at radius 2 is 2.27 bits per heavy atom. The predicted molar refractivity (Wildman–Crippen MR) is 84.5 cm³/mol. The summed E-state index contributed by atoms with van der Waals surface area (Å²) < 4.78 is 5.85. The Morgan fingerprint density at radius 1 is 1.36 bits per heavy atom. The molecular formula is C16H21N5O. The lowest BCUT2D eigenvalue weighted by atomic mass is 10.1. The topological polar surface area (TPSA) is 63.2 Å². The summed E-state index contributed by atoms with van der Waals surface area (Å²) in [6, 6.07) is 8.23. The van der Waals surface area contributed by atoms with E-state index in [1.54, 1.807) is 6.20 Å². The summed E-state index contributed by atoms with van der Waals surface area (Å²) in [5, 5.41) is 11.2. The summed E-state index contributed by atoms with van der Waals surface area (Å²) in [6.07, 6.45) is 5.56. The molecule has 1 aliphatic heterocycles. The summed E-state index contributed by atoms with van der Waals surface area (Å²) in [7, 11) is 0. The van der Waals surface area contributed by atoms with E-state index in [2.05, 4.69) is 38.4 Å². The Labute approximate surface area is 130 Å². The van der Waals surface area contributed by atoms with Gasteiger partial charge in [0.2, 0.25) is 0 Å². The fourth-order valence-corrected chi connectivity index (χ4v) is 2.67. The first-order valence-corrected chi connectivity index (χ1v) is 7.60. The Bertz CT molecular complexity index is 565. The number of aromatic nitrogens is 3. The molecule has 0 saturated carbocycles. The molecule has 6 heteroatoms. The van der Waals surface area contributed by atoms with Crippen LogP contribution in [0, 0.1) is 0 Å². The molecule has 0 aromatic carbocycles. The monoisotopic (exact) mass is 299 g/mol. The maximum Gasteiger partial charge on any atom is 0.148 e. The van der Waals surface area contributed by atoms with E-state index in [0.717, 1.165) is 32.1 Å². The fraction of sp³-hybridized carbons (Fsp3) is 0.438. The number of anilines is 1. The summed E-state index contributed by atoms with van der Waals surface area (Å²) in [4.78, 5) is 6.64. The van der Waals surface area contributed by atoms with Crippen LogP contribution in [0.5, 0.6) is 0 Å². The zero-order valence-electron chi connectivity index (χ0n) is 12.7. The van der Waals surface area contributed by atoms with Gasteiger partial charge in [-0.3, -0.25) is 9.88 Å². The molecule has 3 heterocycles. The minimum Gasteiger partial charge on any atom is -0.374 e. The second-order valence-corrected chi connectivity index (χ2v) is 5.44. The van der Waals surface area contributed by atoms with Crippen molar-refractivity contribution >= 4 is 5.82 Å². The number of hydrogen-bond acceptors (Lipinski definition) is 6. The molecule has 6 nitrogen and oxygen atoms in total. The lowest BCUT2D eigenvalue weighted by molar-refractivity contribution is -0.0346. The molecule has 1 saturated heterocycles. The van der Waals surface area contributed by atoms with Crippen molar-refractivity contribution in [1.82, 2.24) is 20.1 Å². The van der Waals surface area contributed by atoms with Gasteiger partial charge in [-0.25, -0.2) is 0 Å². The predicted octanol–water partition coefficient (Wildman–Crippen LogP) is 1.75. The van der Waals surface area contributed by atoms with Crippen LogP contribution < -0.4 is 5.32 Å². The van der Waals surface area contributed by atoms with Crippen LogP contribution in [-0.2, 0) is 4.74 Å². The third kappa shape index (κ3) is 3.78. The van der Waals surface area contributed by atoms with E-state index in [1.807, 2.05) is 30.6 Å². The van der Waals surface area contributed by atoms with Crippen molar-refractivity contribution in [3.05, 3.63) is 48.4 Å². The molecule has 116 valence electrons. The molecule has 0 unspecified atom stereocenters. The highest BCUT2D eigenvalue weighted by Gasteiger charge is 2.24. The Balaban J connectivity index is 1.55. The van der Waals surface area contributed by atoms with Gasteiger partial charge in [-0.1, -0.05) is 6.07 Å². The van der Waals surface area contributed by atoms with Crippen molar-refractivity contribution in [3.8, 4) is 0 Å². The van der Waals surface area contributed by atoms with E-state index in [-0.39, 0.29) is 6.10 Å². The molecule has 3 rings (SSSR count). The van der Waals surface area contributed by atoms with Gasteiger partial charge in [0.05, 0.1) is 12.7 Å². The normalized spacial score (nSPS) is 20.5. The van der Waals surface area contributed by atoms with Crippen LogP contribution in [0.1, 0.15) is 18.5 Å². The Kier molecular flexibility index (Phi) is 4.92. The van der Waals surface area contributed by atoms with Gasteiger partial charge in [0, 0.05) is 44.3 Å². The molecule has 1 aliphatic rings. The SMILES string of the molecule is C[C@@H](c1cccnc1)N1CCO[C@H](CNc2cccnn2)C1. The highest BCUT2D eigenvalue weighted by molar-refractivity contribution is 5.31. The van der Waals surface area contributed by atoms with Crippen LogP contribution in [0.3, 0.4) is 0 Å². The first-order valence-electron chi connectivity index (χ1n) is 7.60. The molecule has 0 radical (unpaired) electrons. The highest BCUT2D eigenvalue weighted by Crippen LogP contribution is 2.21. The molecule has 22 heavy (non-hydrogen) atoms. The Morgan fingerprint density at radius 3 is 3.05 bits per heavy atom. The minimum absolute atomic E-state index is 0.148. The number of pyridine rings is 1. The van der Waals surface area contributed by atoms with Gasteiger partial charge < -0.3 is 10.1 Å². The van der Waals surface area contributed by atoms with Crippen LogP contribution in [0.2, 0.25) is 0 Å². The van der Waals surface area contributed by atoms with E-state index in [1.165, 1.54) is 5.56 Å². The second kappa shape index (κ2) is 7.29. The van der Waals surface area contributed by atoms with Gasteiger partial charge in [-0.2, -0.15) is 5.10 Å². The fourth-order valence-electron chi connectivity index (χ4n) is 2.67. The lowest BCUT2D eigenvalue weighted by Crippen LogP contribution is -2.46. The van der Waals surface area contributed by atoms with Gasteiger partial charge in [0.25, 0.3) is 0 Å². The number of rotatable bonds is 5. The average Bonchev–Trinajstić information content (AvgIpc) is 2.61. The van der Waals surface area contributed by atoms with Crippen molar-refractivity contribution in [2.75, 3.05) is 31.6 Å². The van der Waals surface area contributed by atoms with Gasteiger partial charge in [-0.15, -0.1) is 5.10 Å². The van der Waals surface area contributed by atoms with E-state index in [0.29, 0.717) is 6.04 Å². The molecule has 0 bridgehead atoms.